The van der Waals surface area contributed by atoms with Gasteiger partial charge in [0.1, 0.15) is 5.82 Å². The summed E-state index contributed by atoms with van der Waals surface area (Å²) in [5.74, 6) is -0.314. The third kappa shape index (κ3) is 4.14. The van der Waals surface area contributed by atoms with Gasteiger partial charge >= 0.3 is 0 Å². The van der Waals surface area contributed by atoms with Crippen LogP contribution in [0.1, 0.15) is 12.0 Å². The minimum absolute atomic E-state index is 0. The van der Waals surface area contributed by atoms with Crippen LogP contribution in [0.25, 0.3) is 0 Å². The number of rotatable bonds is 5. The van der Waals surface area contributed by atoms with E-state index in [9.17, 15) is 14.6 Å². The largest absolute Gasteiger partial charge is 0.390 e. The lowest BCUT2D eigenvalue weighted by atomic mass is 10.1. The summed E-state index contributed by atoms with van der Waals surface area (Å²) in [4.78, 5) is 0. The summed E-state index contributed by atoms with van der Waals surface area (Å²) < 4.78 is 17.8. The summed E-state index contributed by atoms with van der Waals surface area (Å²) in [5, 5.41) is 23.0. The first-order chi connectivity index (χ1) is 9.11. The van der Waals surface area contributed by atoms with Crippen LogP contribution < -0.4 is 5.32 Å². The number of nitrogens with one attached hydrogen (secondary N) is 1. The van der Waals surface area contributed by atoms with Gasteiger partial charge in [0.15, 0.2) is 0 Å². The van der Waals surface area contributed by atoms with Crippen molar-refractivity contribution < 1.29 is 19.3 Å². The van der Waals surface area contributed by atoms with E-state index in [0.29, 0.717) is 19.6 Å². The minimum atomic E-state index is -0.791. The molecule has 0 heterocycles. The number of benzene rings is 1. The predicted molar refractivity (Wildman–Crippen MR) is 76.3 cm³/mol. The smallest absolute Gasteiger partial charge is 0.123 e. The van der Waals surface area contributed by atoms with E-state index >= 15 is 0 Å². The van der Waals surface area contributed by atoms with E-state index < -0.39 is 12.2 Å². The van der Waals surface area contributed by atoms with Gasteiger partial charge in [-0.2, -0.15) is 0 Å². The monoisotopic (exact) mass is 305 g/mol. The van der Waals surface area contributed by atoms with E-state index in [1.807, 2.05) is 0 Å². The van der Waals surface area contributed by atoms with Crippen LogP contribution in [0.2, 0.25) is 0 Å². The van der Waals surface area contributed by atoms with Crippen LogP contribution in [-0.2, 0) is 11.3 Å². The molecule has 1 aromatic carbocycles. The number of hydrogen-bond acceptors (Lipinski definition) is 4. The van der Waals surface area contributed by atoms with Crippen molar-refractivity contribution >= 4 is 12.4 Å². The van der Waals surface area contributed by atoms with Crippen molar-refractivity contribution in [3.05, 3.63) is 35.6 Å². The molecule has 3 N–H and O–H groups in total. The third-order valence-corrected chi connectivity index (χ3v) is 3.66. The first-order valence-electron chi connectivity index (χ1n) is 6.44. The van der Waals surface area contributed by atoms with Crippen LogP contribution in [0.5, 0.6) is 0 Å². The van der Waals surface area contributed by atoms with Gasteiger partial charge in [0, 0.05) is 25.6 Å². The molecule has 4 nitrogen and oxygen atoms in total. The molecular weight excluding hydrogens is 285 g/mol. The maximum absolute atomic E-state index is 12.8. The van der Waals surface area contributed by atoms with Crippen LogP contribution in [0.3, 0.4) is 0 Å². The van der Waals surface area contributed by atoms with Gasteiger partial charge in [0.2, 0.25) is 0 Å². The van der Waals surface area contributed by atoms with Crippen molar-refractivity contribution in [3.63, 3.8) is 0 Å². The number of ether oxygens (including phenoxy) is 1. The van der Waals surface area contributed by atoms with E-state index in [4.69, 9.17) is 4.74 Å². The quantitative estimate of drug-likeness (QED) is 0.762. The zero-order valence-corrected chi connectivity index (χ0v) is 12.1. The van der Waals surface area contributed by atoms with Gasteiger partial charge in [-0.1, -0.05) is 12.1 Å². The Hall–Kier alpha value is -0.720. The zero-order chi connectivity index (χ0) is 13.8. The molecular formula is C14H21ClFNO3. The first-order valence-corrected chi connectivity index (χ1v) is 6.44. The van der Waals surface area contributed by atoms with Crippen molar-refractivity contribution in [1.29, 1.82) is 0 Å². The molecule has 1 aliphatic carbocycles. The maximum atomic E-state index is 12.8. The van der Waals surface area contributed by atoms with Gasteiger partial charge < -0.3 is 20.3 Å². The number of aliphatic hydroxyl groups is 2. The molecule has 1 fully saturated rings. The predicted octanol–water partition coefficient (Wildman–Crippen LogP) is 1.09. The first kappa shape index (κ1) is 17.3. The van der Waals surface area contributed by atoms with Gasteiger partial charge in [-0.15, -0.1) is 12.4 Å². The molecule has 0 aliphatic heterocycles. The van der Waals surface area contributed by atoms with Gasteiger partial charge in [0.25, 0.3) is 0 Å². The molecule has 1 aliphatic rings. The van der Waals surface area contributed by atoms with Crippen LogP contribution in [0, 0.1) is 11.7 Å². The number of aliphatic hydroxyl groups excluding tert-OH is 2. The molecule has 0 aromatic heterocycles. The summed E-state index contributed by atoms with van der Waals surface area (Å²) in [6.07, 6.45) is -0.886. The fourth-order valence-corrected chi connectivity index (χ4v) is 2.56. The molecule has 4 atom stereocenters. The Morgan fingerprint density at radius 1 is 1.25 bits per heavy atom. The molecule has 0 radical (unpaired) electrons. The summed E-state index contributed by atoms with van der Waals surface area (Å²) in [6.45, 7) is 0.974. The standard InChI is InChI=1S/C14H20FNO3.ClH/c1-19-8-10-6-12(14(18)13(10)17)16-7-9-2-4-11(15)5-3-9;/h2-5,10,12-14,16-18H,6-8H2,1H3;1H/t10-,12-,13-,14+;/m1./s1. The number of methoxy groups -OCH3 is 1. The normalized spacial score (nSPS) is 29.2. The summed E-state index contributed by atoms with van der Waals surface area (Å²) in [7, 11) is 1.58. The van der Waals surface area contributed by atoms with Gasteiger partial charge in [-0.05, 0) is 24.1 Å². The lowest BCUT2D eigenvalue weighted by molar-refractivity contribution is -0.00597. The minimum Gasteiger partial charge on any atom is -0.390 e. The Labute approximate surface area is 124 Å². The summed E-state index contributed by atoms with van der Waals surface area (Å²) in [6, 6.07) is 6.05. The highest BCUT2D eigenvalue weighted by molar-refractivity contribution is 5.85. The van der Waals surface area contributed by atoms with Crippen molar-refractivity contribution in [3.8, 4) is 0 Å². The molecule has 1 aromatic rings. The Balaban J connectivity index is 0.00000200. The highest BCUT2D eigenvalue weighted by atomic mass is 35.5. The Morgan fingerprint density at radius 3 is 2.50 bits per heavy atom. The Kier molecular flexibility index (Phi) is 6.85. The van der Waals surface area contributed by atoms with Crippen LogP contribution in [-0.4, -0.2) is 42.2 Å². The summed E-state index contributed by atoms with van der Waals surface area (Å²) >= 11 is 0. The lowest BCUT2D eigenvalue weighted by Gasteiger charge is -2.18. The molecule has 0 saturated heterocycles. The molecule has 114 valence electrons. The maximum Gasteiger partial charge on any atom is 0.123 e. The van der Waals surface area contributed by atoms with E-state index in [1.54, 1.807) is 19.2 Å². The Morgan fingerprint density at radius 2 is 1.90 bits per heavy atom. The van der Waals surface area contributed by atoms with Crippen LogP contribution in [0.4, 0.5) is 4.39 Å². The average Bonchev–Trinajstić information content (AvgIpc) is 2.67. The second-order valence-corrected chi connectivity index (χ2v) is 5.05. The second kappa shape index (κ2) is 7.90. The fourth-order valence-electron chi connectivity index (χ4n) is 2.56. The zero-order valence-electron chi connectivity index (χ0n) is 11.3. The highest BCUT2D eigenvalue weighted by Gasteiger charge is 2.40. The fraction of sp³-hybridized carbons (Fsp3) is 0.571. The van der Waals surface area contributed by atoms with Crippen molar-refractivity contribution in [2.24, 2.45) is 5.92 Å². The lowest BCUT2D eigenvalue weighted by Crippen LogP contribution is -2.39. The highest BCUT2D eigenvalue weighted by Crippen LogP contribution is 2.27. The SMILES string of the molecule is COC[C@H]1C[C@@H](NCc2ccc(F)cc2)[C@H](O)[C@@H]1O.Cl. The van der Waals surface area contributed by atoms with Crippen molar-refractivity contribution in [1.82, 2.24) is 5.32 Å². The van der Waals surface area contributed by atoms with E-state index in [1.165, 1.54) is 12.1 Å². The number of halogens is 2. The molecule has 0 unspecified atom stereocenters. The van der Waals surface area contributed by atoms with Gasteiger partial charge in [-0.3, -0.25) is 0 Å². The number of hydrogen-bond donors (Lipinski definition) is 3. The molecule has 20 heavy (non-hydrogen) atoms. The molecule has 0 amide bonds. The van der Waals surface area contributed by atoms with Gasteiger partial charge in [-0.25, -0.2) is 4.39 Å². The summed E-state index contributed by atoms with van der Waals surface area (Å²) in [5.41, 5.74) is 0.943. The molecule has 0 bridgehead atoms. The Bertz CT molecular complexity index is 404. The second-order valence-electron chi connectivity index (χ2n) is 5.05. The van der Waals surface area contributed by atoms with E-state index in [2.05, 4.69) is 5.32 Å². The molecule has 1 saturated carbocycles. The topological polar surface area (TPSA) is 61.7 Å². The molecule has 0 spiro atoms. The van der Waals surface area contributed by atoms with Crippen molar-refractivity contribution in [2.75, 3.05) is 13.7 Å². The third-order valence-electron chi connectivity index (χ3n) is 3.66. The molecule has 6 heteroatoms. The molecule has 2 rings (SSSR count). The van der Waals surface area contributed by atoms with E-state index in [-0.39, 0.29) is 30.2 Å². The van der Waals surface area contributed by atoms with Gasteiger partial charge in [0.05, 0.1) is 18.8 Å². The van der Waals surface area contributed by atoms with Crippen molar-refractivity contribution in [2.45, 2.75) is 31.2 Å². The van der Waals surface area contributed by atoms with E-state index in [0.717, 1.165) is 5.56 Å². The van der Waals surface area contributed by atoms with Crippen LogP contribution in [0.15, 0.2) is 24.3 Å². The average molecular weight is 306 g/mol. The van der Waals surface area contributed by atoms with Crippen LogP contribution >= 0.6 is 12.4 Å².